The summed E-state index contributed by atoms with van der Waals surface area (Å²) in [6.45, 7) is 7.73. The summed E-state index contributed by atoms with van der Waals surface area (Å²) in [5.41, 5.74) is 5.93. The number of benzene rings is 1. The molecular weight excluding hydrogens is 344 g/mol. The van der Waals surface area contributed by atoms with Gasteiger partial charge in [-0.3, -0.25) is 4.98 Å². The van der Waals surface area contributed by atoms with E-state index in [1.165, 1.54) is 80.3 Å². The second-order valence-corrected chi connectivity index (χ2v) is 9.00. The summed E-state index contributed by atoms with van der Waals surface area (Å²) in [5.74, 6) is 2.80. The number of hydrogen-bond donors (Lipinski definition) is 1. The van der Waals surface area contributed by atoms with Crippen LogP contribution in [-0.2, 0) is 6.54 Å². The van der Waals surface area contributed by atoms with E-state index in [9.17, 15) is 0 Å². The third kappa shape index (κ3) is 3.22. The Hall–Kier alpha value is -1.94. The fourth-order valence-corrected chi connectivity index (χ4v) is 5.37. The maximum Gasteiger partial charge on any atom is 0.113 e. The number of nitrogens with zero attached hydrogens (tertiary/aromatic N) is 3. The zero-order valence-corrected chi connectivity index (χ0v) is 17.3. The van der Waals surface area contributed by atoms with Gasteiger partial charge in [0.2, 0.25) is 0 Å². The minimum atomic E-state index is 0.625. The number of pyridine rings is 1. The lowest BCUT2D eigenvalue weighted by atomic mass is 9.94. The second kappa shape index (κ2) is 7.47. The normalized spacial score (nSPS) is 19.2. The first-order valence-electron chi connectivity index (χ1n) is 11.2. The molecule has 5 rings (SSSR count). The second-order valence-electron chi connectivity index (χ2n) is 9.00. The molecular formula is C24H32N4. The van der Waals surface area contributed by atoms with Gasteiger partial charge in [-0.15, -0.1) is 0 Å². The molecule has 148 valence electrons. The molecule has 0 spiro atoms. The molecule has 1 saturated carbocycles. The van der Waals surface area contributed by atoms with Crippen LogP contribution < -0.4 is 5.32 Å². The van der Waals surface area contributed by atoms with E-state index in [0.717, 1.165) is 29.2 Å². The highest BCUT2D eigenvalue weighted by molar-refractivity contribution is 6.03. The van der Waals surface area contributed by atoms with Crippen LogP contribution in [0.25, 0.3) is 21.9 Å². The van der Waals surface area contributed by atoms with Gasteiger partial charge in [0, 0.05) is 17.8 Å². The molecule has 2 aliphatic rings. The summed E-state index contributed by atoms with van der Waals surface area (Å²) >= 11 is 0. The Kier molecular flexibility index (Phi) is 4.83. The van der Waals surface area contributed by atoms with E-state index in [1.807, 2.05) is 0 Å². The first-order valence-corrected chi connectivity index (χ1v) is 11.2. The van der Waals surface area contributed by atoms with Gasteiger partial charge in [-0.05, 0) is 76.6 Å². The van der Waals surface area contributed by atoms with Crippen LogP contribution in [0.2, 0.25) is 0 Å². The molecule has 1 aliphatic heterocycles. The number of nitrogens with one attached hydrogen (secondary N) is 1. The Morgan fingerprint density at radius 1 is 1.04 bits per heavy atom. The lowest BCUT2D eigenvalue weighted by Crippen LogP contribution is -2.28. The fourth-order valence-electron chi connectivity index (χ4n) is 5.37. The van der Waals surface area contributed by atoms with Crippen molar-refractivity contribution in [2.24, 2.45) is 5.92 Å². The van der Waals surface area contributed by atoms with Crippen molar-refractivity contribution < 1.29 is 0 Å². The van der Waals surface area contributed by atoms with E-state index in [2.05, 4.69) is 41.9 Å². The van der Waals surface area contributed by atoms with Crippen molar-refractivity contribution in [1.29, 1.82) is 0 Å². The zero-order chi connectivity index (χ0) is 19.1. The SMILES string of the molecule is Cc1ccc2c(c1)nc(C)c1nc(C3CCCC3)n(CCC3CCNCC3)c12. The maximum atomic E-state index is 5.22. The Balaban J connectivity index is 1.64. The molecule has 1 aromatic carbocycles. The Morgan fingerprint density at radius 2 is 1.82 bits per heavy atom. The van der Waals surface area contributed by atoms with Gasteiger partial charge in [-0.1, -0.05) is 25.0 Å². The number of aromatic nitrogens is 3. The van der Waals surface area contributed by atoms with Crippen LogP contribution in [0, 0.1) is 19.8 Å². The molecule has 2 aromatic heterocycles. The standard InChI is InChI=1S/C24H32N4/c1-16-7-8-20-21(15-16)26-17(2)22-23(20)28(14-11-18-9-12-25-13-10-18)24(27-22)19-5-3-4-6-19/h7-8,15,18-19,25H,3-6,9-14H2,1-2H3. The van der Waals surface area contributed by atoms with Crippen molar-refractivity contribution in [3.63, 3.8) is 0 Å². The molecule has 4 heteroatoms. The summed E-state index contributed by atoms with van der Waals surface area (Å²) in [4.78, 5) is 10.1. The topological polar surface area (TPSA) is 42.7 Å². The third-order valence-electron chi connectivity index (χ3n) is 6.98. The number of rotatable bonds is 4. The molecule has 0 bridgehead atoms. The average Bonchev–Trinajstić information content (AvgIpc) is 3.35. The van der Waals surface area contributed by atoms with Gasteiger partial charge >= 0.3 is 0 Å². The highest BCUT2D eigenvalue weighted by Crippen LogP contribution is 2.38. The van der Waals surface area contributed by atoms with Crippen LogP contribution in [0.4, 0.5) is 0 Å². The number of hydrogen-bond acceptors (Lipinski definition) is 3. The van der Waals surface area contributed by atoms with E-state index in [-0.39, 0.29) is 0 Å². The molecule has 1 N–H and O–H groups in total. The minimum Gasteiger partial charge on any atom is -0.327 e. The van der Waals surface area contributed by atoms with E-state index < -0.39 is 0 Å². The summed E-state index contributed by atoms with van der Waals surface area (Å²) in [5, 5.41) is 4.77. The van der Waals surface area contributed by atoms with E-state index in [0.29, 0.717) is 5.92 Å². The van der Waals surface area contributed by atoms with Crippen molar-refractivity contribution in [3.05, 3.63) is 35.3 Å². The summed E-state index contributed by atoms with van der Waals surface area (Å²) < 4.78 is 2.60. The van der Waals surface area contributed by atoms with Gasteiger partial charge in [0.05, 0.1) is 16.7 Å². The van der Waals surface area contributed by atoms with Crippen LogP contribution >= 0.6 is 0 Å². The molecule has 0 unspecified atom stereocenters. The molecule has 4 nitrogen and oxygen atoms in total. The van der Waals surface area contributed by atoms with Crippen molar-refractivity contribution in [2.75, 3.05) is 13.1 Å². The zero-order valence-electron chi connectivity index (χ0n) is 17.3. The molecule has 1 saturated heterocycles. The monoisotopic (exact) mass is 376 g/mol. The van der Waals surface area contributed by atoms with Crippen molar-refractivity contribution in [3.8, 4) is 0 Å². The van der Waals surface area contributed by atoms with Gasteiger partial charge in [0.25, 0.3) is 0 Å². The quantitative estimate of drug-likeness (QED) is 0.676. The van der Waals surface area contributed by atoms with Gasteiger partial charge < -0.3 is 9.88 Å². The Labute approximate surface area is 167 Å². The van der Waals surface area contributed by atoms with Crippen LogP contribution in [0.5, 0.6) is 0 Å². The van der Waals surface area contributed by atoms with Crippen LogP contribution in [-0.4, -0.2) is 27.6 Å². The molecule has 0 radical (unpaired) electrons. The first kappa shape index (κ1) is 18.1. The summed E-state index contributed by atoms with van der Waals surface area (Å²) in [6.07, 6.45) is 9.17. The Morgan fingerprint density at radius 3 is 2.61 bits per heavy atom. The molecule has 0 atom stereocenters. The number of piperidine rings is 1. The largest absolute Gasteiger partial charge is 0.327 e. The average molecular weight is 377 g/mol. The number of fused-ring (bicyclic) bond motifs is 3. The number of aryl methyl sites for hydroxylation is 3. The number of imidazole rings is 1. The van der Waals surface area contributed by atoms with Gasteiger partial charge in [-0.25, -0.2) is 4.98 Å². The first-order chi connectivity index (χ1) is 13.7. The van der Waals surface area contributed by atoms with Gasteiger partial charge in [0.1, 0.15) is 11.3 Å². The minimum absolute atomic E-state index is 0.625. The van der Waals surface area contributed by atoms with Gasteiger partial charge in [-0.2, -0.15) is 0 Å². The Bertz CT molecular complexity index is 991. The molecule has 3 aromatic rings. The maximum absolute atomic E-state index is 5.22. The molecule has 1 aliphatic carbocycles. The predicted molar refractivity (Wildman–Crippen MR) is 116 cm³/mol. The summed E-state index contributed by atoms with van der Waals surface area (Å²) in [6, 6.07) is 6.71. The van der Waals surface area contributed by atoms with Crippen molar-refractivity contribution in [1.82, 2.24) is 19.9 Å². The highest BCUT2D eigenvalue weighted by atomic mass is 15.1. The lowest BCUT2D eigenvalue weighted by Gasteiger charge is -2.23. The van der Waals surface area contributed by atoms with Crippen LogP contribution in [0.15, 0.2) is 18.2 Å². The lowest BCUT2D eigenvalue weighted by molar-refractivity contribution is 0.336. The van der Waals surface area contributed by atoms with E-state index >= 15 is 0 Å². The highest BCUT2D eigenvalue weighted by Gasteiger charge is 2.26. The molecule has 0 amide bonds. The fraction of sp³-hybridized carbons (Fsp3) is 0.583. The van der Waals surface area contributed by atoms with Crippen LogP contribution in [0.1, 0.15) is 67.9 Å². The molecule has 28 heavy (non-hydrogen) atoms. The van der Waals surface area contributed by atoms with E-state index in [1.54, 1.807) is 0 Å². The van der Waals surface area contributed by atoms with Crippen molar-refractivity contribution in [2.45, 2.75) is 71.3 Å². The third-order valence-corrected chi connectivity index (χ3v) is 6.98. The molecule has 2 fully saturated rings. The van der Waals surface area contributed by atoms with Gasteiger partial charge in [0.15, 0.2) is 0 Å². The molecule has 3 heterocycles. The van der Waals surface area contributed by atoms with Crippen LogP contribution in [0.3, 0.4) is 0 Å². The smallest absolute Gasteiger partial charge is 0.113 e. The van der Waals surface area contributed by atoms with Crippen molar-refractivity contribution >= 4 is 21.9 Å². The predicted octanol–water partition coefficient (Wildman–Crippen LogP) is 5.25. The van der Waals surface area contributed by atoms with E-state index in [4.69, 9.17) is 9.97 Å². The summed E-state index contributed by atoms with van der Waals surface area (Å²) in [7, 11) is 0.